The predicted octanol–water partition coefficient (Wildman–Crippen LogP) is 6.72. The number of hydrogen-bond acceptors (Lipinski definition) is 6. The van der Waals surface area contributed by atoms with Gasteiger partial charge in [0.1, 0.15) is 18.1 Å². The quantitative estimate of drug-likeness (QED) is 0.278. The third-order valence-corrected chi connectivity index (χ3v) is 7.31. The van der Waals surface area contributed by atoms with Crippen LogP contribution in [0.15, 0.2) is 60.7 Å². The molecule has 0 aliphatic heterocycles. The highest BCUT2D eigenvalue weighted by atomic mass is 16.5. The maximum atomic E-state index is 9.19. The molecule has 0 amide bonds. The maximum Gasteiger partial charge on any atom is 0.162 e. The number of benzene rings is 3. The van der Waals surface area contributed by atoms with E-state index in [1.54, 1.807) is 20.3 Å². The van der Waals surface area contributed by atoms with Crippen LogP contribution >= 0.6 is 0 Å². The van der Waals surface area contributed by atoms with Gasteiger partial charge in [0, 0.05) is 31.4 Å². The van der Waals surface area contributed by atoms with E-state index in [-0.39, 0.29) is 0 Å². The van der Waals surface area contributed by atoms with Gasteiger partial charge in [-0.25, -0.2) is 0 Å². The summed E-state index contributed by atoms with van der Waals surface area (Å²) in [7, 11) is 3.32. The lowest BCUT2D eigenvalue weighted by molar-refractivity contribution is 0.223. The fourth-order valence-electron chi connectivity index (χ4n) is 4.87. The third kappa shape index (κ3) is 9.10. The molecule has 4 rings (SSSR count). The minimum Gasteiger partial charge on any atom is -0.508 e. The van der Waals surface area contributed by atoms with Gasteiger partial charge in [0.15, 0.2) is 11.5 Å². The summed E-state index contributed by atoms with van der Waals surface area (Å²) in [6.45, 7) is 12.0. The lowest BCUT2D eigenvalue weighted by atomic mass is 9.92. The molecule has 0 radical (unpaired) electrons. The number of phenolic OH excluding ortho intramolecular Hbond substituents is 1. The molecule has 0 unspecified atom stereocenters. The van der Waals surface area contributed by atoms with Crippen LogP contribution in [0.5, 0.6) is 23.0 Å². The van der Waals surface area contributed by atoms with E-state index in [9.17, 15) is 5.11 Å². The Morgan fingerprint density at radius 3 is 2.08 bits per heavy atom. The molecular weight excluding hydrogens is 488 g/mol. The Hall–Kier alpha value is -3.38. The number of rotatable bonds is 12. The van der Waals surface area contributed by atoms with Gasteiger partial charge in [0.25, 0.3) is 0 Å². The topological polar surface area (TPSA) is 54.4 Å². The van der Waals surface area contributed by atoms with E-state index in [1.807, 2.05) is 24.3 Å². The van der Waals surface area contributed by atoms with Crippen LogP contribution in [-0.4, -0.2) is 57.0 Å². The molecule has 3 aromatic carbocycles. The molecule has 39 heavy (non-hydrogen) atoms. The number of likely N-dealkylation sites (N-methyl/N-ethyl adjacent to an activating group) is 1. The van der Waals surface area contributed by atoms with Crippen LogP contribution in [0.4, 0.5) is 5.69 Å². The molecule has 0 bridgehead atoms. The number of aryl methyl sites for hydroxylation is 2. The minimum absolute atomic E-state index is 0.408. The summed E-state index contributed by atoms with van der Waals surface area (Å²) in [5, 5.41) is 9.19. The van der Waals surface area contributed by atoms with Gasteiger partial charge < -0.3 is 29.1 Å². The van der Waals surface area contributed by atoms with Crippen LogP contribution in [-0.2, 0) is 19.4 Å². The van der Waals surface area contributed by atoms with E-state index in [0.717, 1.165) is 62.1 Å². The SMILES string of the molecule is CCN(CC)CCOc1ccc(CN(CC)c2ccc(OC)c(OC)c2)cc1.Oc1ccc2c(c1)CCCC2. The molecule has 6 heteroatoms. The average Bonchev–Trinajstić information content (AvgIpc) is 2.98. The molecule has 3 aromatic rings. The molecule has 0 fully saturated rings. The minimum atomic E-state index is 0.408. The van der Waals surface area contributed by atoms with Crippen molar-refractivity contribution in [3.05, 3.63) is 77.4 Å². The Morgan fingerprint density at radius 1 is 0.744 bits per heavy atom. The lowest BCUT2D eigenvalue weighted by Crippen LogP contribution is -2.27. The number of aromatic hydroxyl groups is 1. The maximum absolute atomic E-state index is 9.19. The van der Waals surface area contributed by atoms with Crippen molar-refractivity contribution in [2.45, 2.75) is 53.0 Å². The van der Waals surface area contributed by atoms with Crippen molar-refractivity contribution >= 4 is 5.69 Å². The Balaban J connectivity index is 0.000000314. The van der Waals surface area contributed by atoms with Crippen LogP contribution in [0, 0.1) is 0 Å². The van der Waals surface area contributed by atoms with Crippen LogP contribution in [0.2, 0.25) is 0 Å². The van der Waals surface area contributed by atoms with E-state index < -0.39 is 0 Å². The van der Waals surface area contributed by atoms with Gasteiger partial charge in [0.2, 0.25) is 0 Å². The fraction of sp³-hybridized carbons (Fsp3) is 0.455. The van der Waals surface area contributed by atoms with Crippen LogP contribution in [0.3, 0.4) is 0 Å². The second kappa shape index (κ2) is 15.9. The first-order valence-corrected chi connectivity index (χ1v) is 14.2. The molecule has 212 valence electrons. The molecule has 0 heterocycles. The van der Waals surface area contributed by atoms with Crippen molar-refractivity contribution in [2.75, 3.05) is 51.9 Å². The van der Waals surface area contributed by atoms with Crippen LogP contribution < -0.4 is 19.1 Å². The number of anilines is 1. The van der Waals surface area contributed by atoms with Crippen molar-refractivity contribution in [3.8, 4) is 23.0 Å². The van der Waals surface area contributed by atoms with Crippen LogP contribution in [0.1, 0.15) is 50.3 Å². The zero-order chi connectivity index (χ0) is 28.0. The number of fused-ring (bicyclic) bond motifs is 1. The summed E-state index contributed by atoms with van der Waals surface area (Å²) < 4.78 is 16.7. The van der Waals surface area contributed by atoms with Crippen molar-refractivity contribution in [1.29, 1.82) is 0 Å². The molecule has 1 aliphatic rings. The first-order chi connectivity index (χ1) is 19.0. The van der Waals surface area contributed by atoms with Gasteiger partial charge >= 0.3 is 0 Å². The van der Waals surface area contributed by atoms with Gasteiger partial charge in [-0.1, -0.05) is 32.0 Å². The highest BCUT2D eigenvalue weighted by molar-refractivity contribution is 5.56. The highest BCUT2D eigenvalue weighted by Gasteiger charge is 2.11. The van der Waals surface area contributed by atoms with Gasteiger partial charge in [-0.15, -0.1) is 0 Å². The Kier molecular flexibility index (Phi) is 12.3. The summed E-state index contributed by atoms with van der Waals surface area (Å²) in [6, 6.07) is 20.1. The monoisotopic (exact) mass is 534 g/mol. The van der Waals surface area contributed by atoms with E-state index in [1.165, 1.54) is 36.0 Å². The van der Waals surface area contributed by atoms with Gasteiger partial charge in [0.05, 0.1) is 14.2 Å². The first-order valence-electron chi connectivity index (χ1n) is 14.2. The summed E-state index contributed by atoms with van der Waals surface area (Å²) in [5.41, 5.74) is 5.12. The zero-order valence-electron chi connectivity index (χ0n) is 24.4. The van der Waals surface area contributed by atoms with Gasteiger partial charge in [-0.2, -0.15) is 0 Å². The normalized spacial score (nSPS) is 12.3. The number of phenols is 1. The molecule has 1 N–H and O–H groups in total. The molecule has 0 saturated heterocycles. The number of ether oxygens (including phenoxy) is 3. The molecular formula is C33H46N2O4. The Morgan fingerprint density at radius 2 is 1.44 bits per heavy atom. The van der Waals surface area contributed by atoms with Crippen molar-refractivity contribution in [3.63, 3.8) is 0 Å². The summed E-state index contributed by atoms with van der Waals surface area (Å²) in [4.78, 5) is 4.66. The van der Waals surface area contributed by atoms with Gasteiger partial charge in [-0.3, -0.25) is 0 Å². The molecule has 0 aromatic heterocycles. The molecule has 0 atom stereocenters. The first kappa shape index (κ1) is 30.2. The van der Waals surface area contributed by atoms with E-state index in [2.05, 4.69) is 60.9 Å². The Labute approximate surface area is 235 Å². The van der Waals surface area contributed by atoms with Crippen LogP contribution in [0.25, 0.3) is 0 Å². The Bertz CT molecular complexity index is 1130. The smallest absolute Gasteiger partial charge is 0.162 e. The van der Waals surface area contributed by atoms with Gasteiger partial charge in [-0.05, 0) is 98.8 Å². The number of methoxy groups -OCH3 is 2. The standard InChI is InChI=1S/C23H34N2O3.C10H12O/c1-6-24(7-2)15-16-28-21-12-9-19(10-13-21)18-25(8-3)20-11-14-22(26-4)23(17-20)27-5;11-10-6-5-8-3-1-2-4-9(8)7-10/h9-14,17H,6-8,15-16,18H2,1-5H3;5-7,11H,1-4H2. The second-order valence-electron chi connectivity index (χ2n) is 9.73. The number of nitrogens with zero attached hydrogens (tertiary/aromatic N) is 2. The zero-order valence-corrected chi connectivity index (χ0v) is 24.4. The molecule has 0 saturated carbocycles. The summed E-state index contributed by atoms with van der Waals surface area (Å²) >= 11 is 0. The van der Waals surface area contributed by atoms with E-state index in [4.69, 9.17) is 14.2 Å². The van der Waals surface area contributed by atoms with Crippen molar-refractivity contribution < 1.29 is 19.3 Å². The molecule has 6 nitrogen and oxygen atoms in total. The largest absolute Gasteiger partial charge is 0.508 e. The number of hydrogen-bond donors (Lipinski definition) is 1. The lowest BCUT2D eigenvalue weighted by Gasteiger charge is -2.24. The highest BCUT2D eigenvalue weighted by Crippen LogP contribution is 2.32. The van der Waals surface area contributed by atoms with Crippen molar-refractivity contribution in [1.82, 2.24) is 4.90 Å². The van der Waals surface area contributed by atoms with E-state index >= 15 is 0 Å². The average molecular weight is 535 g/mol. The second-order valence-corrected chi connectivity index (χ2v) is 9.73. The summed E-state index contributed by atoms with van der Waals surface area (Å²) in [6.07, 6.45) is 4.91. The third-order valence-electron chi connectivity index (χ3n) is 7.31. The fourth-order valence-corrected chi connectivity index (χ4v) is 4.87. The molecule has 1 aliphatic carbocycles. The predicted molar refractivity (Wildman–Crippen MR) is 161 cm³/mol. The van der Waals surface area contributed by atoms with Crippen molar-refractivity contribution in [2.24, 2.45) is 0 Å². The summed E-state index contributed by atoms with van der Waals surface area (Å²) in [5.74, 6) is 2.82. The molecule has 0 spiro atoms. The van der Waals surface area contributed by atoms with E-state index in [0.29, 0.717) is 12.4 Å².